The summed E-state index contributed by atoms with van der Waals surface area (Å²) in [6, 6.07) is 4.81. The van der Waals surface area contributed by atoms with E-state index in [2.05, 4.69) is 18.8 Å². The second-order valence-corrected chi connectivity index (χ2v) is 6.68. The summed E-state index contributed by atoms with van der Waals surface area (Å²) in [4.78, 5) is 30.4. The Hall–Kier alpha value is -2.21. The summed E-state index contributed by atoms with van der Waals surface area (Å²) in [5, 5.41) is 0.556. The maximum Gasteiger partial charge on any atom is 0.325 e. The van der Waals surface area contributed by atoms with Gasteiger partial charge in [0.25, 0.3) is 0 Å². The first-order chi connectivity index (χ1) is 10.5. The van der Waals surface area contributed by atoms with Gasteiger partial charge in [-0.05, 0) is 36.1 Å². The average molecular weight is 315 g/mol. The molecule has 0 atom stereocenters. The molecule has 0 saturated carbocycles. The maximum atomic E-state index is 11.9. The fraction of sp³-hybridized carbons (Fsp3) is 0.312. The van der Waals surface area contributed by atoms with E-state index >= 15 is 0 Å². The number of aromatic nitrogens is 1. The number of nitrogens with zero attached hydrogens (tertiary/aromatic N) is 2. The van der Waals surface area contributed by atoms with Crippen molar-refractivity contribution < 1.29 is 9.59 Å². The van der Waals surface area contributed by atoms with Gasteiger partial charge < -0.3 is 5.73 Å². The van der Waals surface area contributed by atoms with Crippen LogP contribution in [0.3, 0.4) is 0 Å². The molecule has 1 aliphatic carbocycles. The number of ketones is 1. The third-order valence-corrected chi connectivity index (χ3v) is 5.04. The highest BCUT2D eigenvalue weighted by molar-refractivity contribution is 7.15. The monoisotopic (exact) mass is 315 g/mol. The fourth-order valence-electron chi connectivity index (χ4n) is 2.56. The van der Waals surface area contributed by atoms with E-state index in [-0.39, 0.29) is 5.78 Å². The van der Waals surface area contributed by atoms with Crippen molar-refractivity contribution in [1.82, 2.24) is 4.98 Å². The minimum atomic E-state index is -0.575. The number of nitrogens with two attached hydrogens (primary N) is 1. The molecule has 2 amide bonds. The van der Waals surface area contributed by atoms with Crippen LogP contribution >= 0.6 is 11.3 Å². The molecule has 3 rings (SSSR count). The second-order valence-electron chi connectivity index (χ2n) is 5.64. The first-order valence-electron chi connectivity index (χ1n) is 7.18. The molecular formula is C16H17N3O2S. The molecule has 1 aromatic heterocycles. The normalized spacial score (nSPS) is 13.5. The van der Waals surface area contributed by atoms with Crippen LogP contribution in [0.15, 0.2) is 24.4 Å². The standard InChI is InChI=1S/C16H17N3O2S/c1-9(2)14-8-18-16(22-14)19(15(17)21)11-4-5-12-10(7-11)3-6-13(12)20/h4-5,7-9H,3,6H2,1-2H3,(H2,17,21). The number of primary amides is 1. The SMILES string of the molecule is CC(C)c1cnc(N(C(N)=O)c2ccc3c(c2)CCC3=O)s1. The molecule has 22 heavy (non-hydrogen) atoms. The van der Waals surface area contributed by atoms with E-state index in [0.29, 0.717) is 29.6 Å². The number of hydrogen-bond donors (Lipinski definition) is 1. The first-order valence-corrected chi connectivity index (χ1v) is 8.00. The van der Waals surface area contributed by atoms with Crippen LogP contribution in [-0.4, -0.2) is 16.8 Å². The van der Waals surface area contributed by atoms with E-state index in [0.717, 1.165) is 16.0 Å². The summed E-state index contributed by atoms with van der Waals surface area (Å²) in [6.07, 6.45) is 3.02. The molecule has 0 aliphatic heterocycles. The van der Waals surface area contributed by atoms with Gasteiger partial charge in [-0.2, -0.15) is 0 Å². The number of rotatable bonds is 3. The number of amides is 2. The molecule has 0 fully saturated rings. The fourth-order valence-corrected chi connectivity index (χ4v) is 3.50. The number of urea groups is 1. The number of benzene rings is 1. The largest absolute Gasteiger partial charge is 0.351 e. The van der Waals surface area contributed by atoms with Crippen LogP contribution < -0.4 is 10.6 Å². The van der Waals surface area contributed by atoms with Crippen molar-refractivity contribution in [2.24, 2.45) is 5.73 Å². The van der Waals surface area contributed by atoms with Crippen LogP contribution in [-0.2, 0) is 6.42 Å². The van der Waals surface area contributed by atoms with Gasteiger partial charge in [-0.15, -0.1) is 11.3 Å². The number of carbonyl (C=O) groups excluding carboxylic acids is 2. The van der Waals surface area contributed by atoms with Crippen LogP contribution in [0, 0.1) is 0 Å². The highest BCUT2D eigenvalue weighted by Crippen LogP contribution is 2.34. The Balaban J connectivity index is 2.01. The lowest BCUT2D eigenvalue weighted by Gasteiger charge is -2.18. The predicted molar refractivity (Wildman–Crippen MR) is 87.0 cm³/mol. The summed E-state index contributed by atoms with van der Waals surface area (Å²) in [5.41, 5.74) is 7.92. The molecule has 114 valence electrons. The molecule has 2 aromatic rings. The molecular weight excluding hydrogens is 298 g/mol. The predicted octanol–water partition coefficient (Wildman–Crippen LogP) is 3.61. The molecule has 0 bridgehead atoms. The lowest BCUT2D eigenvalue weighted by atomic mass is 10.1. The lowest BCUT2D eigenvalue weighted by Crippen LogP contribution is -2.31. The lowest BCUT2D eigenvalue weighted by molar-refractivity contribution is 0.0994. The van der Waals surface area contributed by atoms with Crippen molar-refractivity contribution in [2.45, 2.75) is 32.6 Å². The Morgan fingerprint density at radius 1 is 1.36 bits per heavy atom. The van der Waals surface area contributed by atoms with Gasteiger partial charge in [0.2, 0.25) is 0 Å². The van der Waals surface area contributed by atoms with Crippen LogP contribution in [0.4, 0.5) is 15.6 Å². The van der Waals surface area contributed by atoms with E-state index in [9.17, 15) is 9.59 Å². The van der Waals surface area contributed by atoms with E-state index < -0.39 is 6.03 Å². The van der Waals surface area contributed by atoms with Crippen LogP contribution in [0.1, 0.15) is 47.0 Å². The van der Waals surface area contributed by atoms with E-state index in [1.807, 2.05) is 6.07 Å². The summed E-state index contributed by atoms with van der Waals surface area (Å²) < 4.78 is 0. The van der Waals surface area contributed by atoms with Gasteiger partial charge in [-0.1, -0.05) is 13.8 Å². The van der Waals surface area contributed by atoms with Gasteiger partial charge in [-0.25, -0.2) is 14.7 Å². The van der Waals surface area contributed by atoms with Gasteiger partial charge >= 0.3 is 6.03 Å². The number of hydrogen-bond acceptors (Lipinski definition) is 4. The number of fused-ring (bicyclic) bond motifs is 1. The first kappa shape index (κ1) is 14.7. The van der Waals surface area contributed by atoms with Crippen molar-refractivity contribution in [3.05, 3.63) is 40.4 Å². The average Bonchev–Trinajstić information content (AvgIpc) is 3.07. The Kier molecular flexibility index (Phi) is 3.70. The number of aryl methyl sites for hydroxylation is 1. The quantitative estimate of drug-likeness (QED) is 0.940. The number of Topliss-reactive ketones (excluding diaryl/α,β-unsaturated/α-hetero) is 1. The van der Waals surface area contributed by atoms with Crippen LogP contribution in [0.5, 0.6) is 0 Å². The van der Waals surface area contributed by atoms with Gasteiger partial charge in [-0.3, -0.25) is 4.79 Å². The third kappa shape index (κ3) is 2.50. The number of anilines is 2. The molecule has 1 aromatic carbocycles. The Morgan fingerprint density at radius 2 is 2.14 bits per heavy atom. The molecule has 0 radical (unpaired) electrons. The van der Waals surface area contributed by atoms with Crippen molar-refractivity contribution in [3.8, 4) is 0 Å². The smallest absolute Gasteiger partial charge is 0.325 e. The van der Waals surface area contributed by atoms with Crippen LogP contribution in [0.25, 0.3) is 0 Å². The van der Waals surface area contributed by atoms with Crippen molar-refractivity contribution in [2.75, 3.05) is 4.90 Å². The highest BCUT2D eigenvalue weighted by Gasteiger charge is 2.24. The minimum absolute atomic E-state index is 0.156. The van der Waals surface area contributed by atoms with Gasteiger partial charge in [0.15, 0.2) is 10.9 Å². The van der Waals surface area contributed by atoms with E-state index in [1.54, 1.807) is 18.3 Å². The van der Waals surface area contributed by atoms with Crippen molar-refractivity contribution in [1.29, 1.82) is 0 Å². The topological polar surface area (TPSA) is 76.3 Å². The Morgan fingerprint density at radius 3 is 2.77 bits per heavy atom. The molecule has 5 nitrogen and oxygen atoms in total. The van der Waals surface area contributed by atoms with Gasteiger partial charge in [0.1, 0.15) is 0 Å². The minimum Gasteiger partial charge on any atom is -0.351 e. The van der Waals surface area contributed by atoms with E-state index in [4.69, 9.17) is 5.73 Å². The number of thiazole rings is 1. The molecule has 0 saturated heterocycles. The van der Waals surface area contributed by atoms with Crippen molar-refractivity contribution >= 4 is 34.0 Å². The second kappa shape index (κ2) is 5.53. The third-order valence-electron chi connectivity index (χ3n) is 3.76. The summed E-state index contributed by atoms with van der Waals surface area (Å²) >= 11 is 1.45. The van der Waals surface area contributed by atoms with E-state index in [1.165, 1.54) is 16.2 Å². The van der Waals surface area contributed by atoms with Gasteiger partial charge in [0.05, 0.1) is 5.69 Å². The molecule has 0 spiro atoms. The zero-order valence-corrected chi connectivity index (χ0v) is 13.3. The maximum absolute atomic E-state index is 11.9. The summed E-state index contributed by atoms with van der Waals surface area (Å²) in [6.45, 7) is 4.15. The Bertz CT molecular complexity index is 752. The Labute approximate surface area is 132 Å². The molecule has 2 N–H and O–H groups in total. The van der Waals surface area contributed by atoms with Gasteiger partial charge in [0, 0.05) is 23.1 Å². The molecule has 6 heteroatoms. The zero-order valence-electron chi connectivity index (χ0n) is 12.5. The highest BCUT2D eigenvalue weighted by atomic mass is 32.1. The van der Waals surface area contributed by atoms with Crippen LogP contribution in [0.2, 0.25) is 0 Å². The van der Waals surface area contributed by atoms with Crippen molar-refractivity contribution in [3.63, 3.8) is 0 Å². The zero-order chi connectivity index (χ0) is 15.9. The molecule has 0 unspecified atom stereocenters. The molecule has 1 heterocycles. The number of carbonyl (C=O) groups is 2. The summed E-state index contributed by atoms with van der Waals surface area (Å²) in [5.74, 6) is 0.502. The molecule has 1 aliphatic rings. The summed E-state index contributed by atoms with van der Waals surface area (Å²) in [7, 11) is 0.